The molecule has 0 unspecified atom stereocenters. The Morgan fingerprint density at radius 3 is 2.34 bits per heavy atom. The van der Waals surface area contributed by atoms with Gasteiger partial charge in [0.15, 0.2) is 6.10 Å². The first-order chi connectivity index (χ1) is 24.0. The second kappa shape index (κ2) is 15.7. The minimum atomic E-state index is -4.76. The number of benzene rings is 2. The largest absolute Gasteiger partial charge is 0.436 e. The quantitative estimate of drug-likeness (QED) is 0.297. The highest BCUT2D eigenvalue weighted by Crippen LogP contribution is 2.38. The summed E-state index contributed by atoms with van der Waals surface area (Å²) in [7, 11) is 0. The molecule has 10 nitrogen and oxygen atoms in total. The van der Waals surface area contributed by atoms with E-state index in [0.717, 1.165) is 56.2 Å². The molecule has 14 heteroatoms. The standard InChI is InChI=1S/C36H46ClF3N6O4/c37-29-21-25(20-28(32(29)41)36(38,39)40)22-31(33(47)44-16-9-24(10-17-44)8-15-43-13-4-1-5-14-43)50-35(49)45-18-11-27(12-19-45)46-23-26-6-2-3-7-30(26)42-34(46)48/h2-3,6-7,20-21,24,27,31H,1,4-5,8-19,22-23,41H2,(H,42,48)/t31-/m1/s1. The zero-order valence-electron chi connectivity index (χ0n) is 28.2. The molecule has 0 aliphatic carbocycles. The number of hydrogen-bond donors (Lipinski definition) is 2. The summed E-state index contributed by atoms with van der Waals surface area (Å²) in [5, 5.41) is 2.65. The lowest BCUT2D eigenvalue weighted by Crippen LogP contribution is -2.52. The number of fused-ring (bicyclic) bond motifs is 1. The van der Waals surface area contributed by atoms with Gasteiger partial charge >= 0.3 is 18.3 Å². The number of nitrogens with zero attached hydrogens (tertiary/aromatic N) is 4. The topological polar surface area (TPSA) is 111 Å². The highest BCUT2D eigenvalue weighted by Gasteiger charge is 2.38. The van der Waals surface area contributed by atoms with Crippen molar-refractivity contribution in [2.75, 3.05) is 56.9 Å². The fourth-order valence-corrected chi connectivity index (χ4v) is 7.93. The van der Waals surface area contributed by atoms with E-state index in [2.05, 4.69) is 10.2 Å². The molecule has 272 valence electrons. The molecule has 4 aliphatic heterocycles. The number of carbonyl (C=O) groups is 3. The smallest absolute Gasteiger partial charge is 0.418 e. The van der Waals surface area contributed by atoms with Gasteiger partial charge in [-0.15, -0.1) is 0 Å². The van der Waals surface area contributed by atoms with Gasteiger partial charge in [-0.05, 0) is 99.8 Å². The number of carbonyl (C=O) groups excluding carboxylic acids is 3. The lowest BCUT2D eigenvalue weighted by atomic mass is 9.92. The summed E-state index contributed by atoms with van der Waals surface area (Å²) in [5.74, 6) is 0.0388. The Kier molecular flexibility index (Phi) is 11.3. The SMILES string of the molecule is Nc1c(Cl)cc(C[C@@H](OC(=O)N2CCC(N3Cc4ccccc4NC3=O)CC2)C(=O)N2CCC(CCN3CCCCC3)CC2)cc1C(F)(F)F. The van der Waals surface area contributed by atoms with Crippen LogP contribution < -0.4 is 11.1 Å². The molecule has 0 aromatic heterocycles. The number of alkyl halides is 3. The molecule has 3 N–H and O–H groups in total. The van der Waals surface area contributed by atoms with Crippen LogP contribution in [0.5, 0.6) is 0 Å². The van der Waals surface area contributed by atoms with Gasteiger partial charge in [0.2, 0.25) is 0 Å². The molecule has 0 bridgehead atoms. The average Bonchev–Trinajstić information content (AvgIpc) is 3.11. The Bertz CT molecular complexity index is 1540. The van der Waals surface area contributed by atoms with Crippen molar-refractivity contribution in [2.45, 2.75) is 82.7 Å². The van der Waals surface area contributed by atoms with Crippen molar-refractivity contribution in [1.82, 2.24) is 19.6 Å². The van der Waals surface area contributed by atoms with E-state index in [1.165, 1.54) is 30.2 Å². The third kappa shape index (κ3) is 8.59. The number of piperidine rings is 3. The van der Waals surface area contributed by atoms with Crippen LogP contribution in [-0.4, -0.2) is 95.6 Å². The number of para-hydroxylation sites is 1. The summed E-state index contributed by atoms with van der Waals surface area (Å²) >= 11 is 6.11. The van der Waals surface area contributed by atoms with Crippen LogP contribution in [0.15, 0.2) is 36.4 Å². The zero-order valence-corrected chi connectivity index (χ0v) is 29.0. The summed E-state index contributed by atoms with van der Waals surface area (Å²) in [6.45, 7) is 5.34. The number of halogens is 4. The van der Waals surface area contributed by atoms with Crippen LogP contribution in [0.4, 0.5) is 34.1 Å². The number of nitrogen functional groups attached to an aromatic ring is 1. The summed E-state index contributed by atoms with van der Waals surface area (Å²) in [4.78, 5) is 47.8. The Hall–Kier alpha value is -3.71. The number of anilines is 2. The fraction of sp³-hybridized carbons (Fsp3) is 0.583. The van der Waals surface area contributed by atoms with Crippen molar-refractivity contribution in [3.63, 3.8) is 0 Å². The summed E-state index contributed by atoms with van der Waals surface area (Å²) in [6.07, 6.45) is 0.355. The highest BCUT2D eigenvalue weighted by molar-refractivity contribution is 6.33. The zero-order chi connectivity index (χ0) is 35.4. The van der Waals surface area contributed by atoms with Crippen molar-refractivity contribution in [2.24, 2.45) is 5.92 Å². The van der Waals surface area contributed by atoms with Gasteiger partial charge in [0.25, 0.3) is 5.91 Å². The molecule has 4 aliphatic rings. The van der Waals surface area contributed by atoms with E-state index in [9.17, 15) is 27.6 Å². The molecular weight excluding hydrogens is 673 g/mol. The number of urea groups is 1. The van der Waals surface area contributed by atoms with E-state index in [1.807, 2.05) is 24.3 Å². The van der Waals surface area contributed by atoms with E-state index in [1.54, 1.807) is 9.80 Å². The first kappa shape index (κ1) is 36.1. The highest BCUT2D eigenvalue weighted by atomic mass is 35.5. The molecular formula is C36H46ClF3N6O4. The molecule has 6 rings (SSSR count). The molecule has 3 saturated heterocycles. The maximum absolute atomic E-state index is 14.0. The van der Waals surface area contributed by atoms with E-state index in [4.69, 9.17) is 22.1 Å². The van der Waals surface area contributed by atoms with Gasteiger partial charge < -0.3 is 35.4 Å². The van der Waals surface area contributed by atoms with Gasteiger partial charge in [-0.2, -0.15) is 13.2 Å². The number of hydrogen-bond acceptors (Lipinski definition) is 6. The monoisotopic (exact) mass is 718 g/mol. The second-order valence-electron chi connectivity index (χ2n) is 14.0. The number of ether oxygens (including phenoxy) is 1. The predicted molar refractivity (Wildman–Crippen MR) is 185 cm³/mol. The molecule has 50 heavy (non-hydrogen) atoms. The Balaban J connectivity index is 1.10. The fourth-order valence-electron chi connectivity index (χ4n) is 7.69. The lowest BCUT2D eigenvalue weighted by molar-refractivity contribution is -0.142. The molecule has 2 aromatic carbocycles. The third-order valence-electron chi connectivity index (χ3n) is 10.7. The molecule has 1 atom stereocenters. The van der Waals surface area contributed by atoms with Crippen LogP contribution in [0.1, 0.15) is 68.1 Å². The minimum Gasteiger partial charge on any atom is -0.436 e. The molecule has 4 amide bonds. The van der Waals surface area contributed by atoms with Crippen LogP contribution in [-0.2, 0) is 28.7 Å². The van der Waals surface area contributed by atoms with Crippen molar-refractivity contribution in [1.29, 1.82) is 0 Å². The van der Waals surface area contributed by atoms with Gasteiger partial charge in [-0.3, -0.25) is 4.79 Å². The Morgan fingerprint density at radius 1 is 0.960 bits per heavy atom. The van der Waals surface area contributed by atoms with Crippen LogP contribution in [0.25, 0.3) is 0 Å². The van der Waals surface area contributed by atoms with Gasteiger partial charge in [-0.25, -0.2) is 9.59 Å². The van der Waals surface area contributed by atoms with Crippen LogP contribution in [0.3, 0.4) is 0 Å². The Labute approximate surface area is 296 Å². The second-order valence-corrected chi connectivity index (χ2v) is 14.4. The number of nitrogens with two attached hydrogens (primary N) is 1. The van der Waals surface area contributed by atoms with Crippen LogP contribution in [0.2, 0.25) is 5.02 Å². The number of amides is 4. The van der Waals surface area contributed by atoms with Crippen molar-refractivity contribution in [3.8, 4) is 0 Å². The van der Waals surface area contributed by atoms with Gasteiger partial charge in [0.05, 0.1) is 16.3 Å². The summed E-state index contributed by atoms with van der Waals surface area (Å²) in [6, 6.07) is 9.50. The number of likely N-dealkylation sites (tertiary alicyclic amines) is 3. The van der Waals surface area contributed by atoms with E-state index in [-0.39, 0.29) is 29.1 Å². The van der Waals surface area contributed by atoms with Gasteiger partial charge in [-0.1, -0.05) is 36.2 Å². The van der Waals surface area contributed by atoms with Crippen molar-refractivity contribution >= 4 is 41.0 Å². The summed E-state index contributed by atoms with van der Waals surface area (Å²) < 4.78 is 47.2. The molecule has 3 fully saturated rings. The number of nitrogens with one attached hydrogen (secondary N) is 1. The van der Waals surface area contributed by atoms with E-state index >= 15 is 0 Å². The molecule has 0 spiro atoms. The molecule has 0 saturated carbocycles. The first-order valence-electron chi connectivity index (χ1n) is 17.7. The lowest BCUT2D eigenvalue weighted by Gasteiger charge is -2.40. The van der Waals surface area contributed by atoms with Gasteiger partial charge in [0, 0.05) is 50.9 Å². The average molecular weight is 719 g/mol. The third-order valence-corrected chi connectivity index (χ3v) is 11.0. The van der Waals surface area contributed by atoms with E-state index < -0.39 is 35.5 Å². The maximum atomic E-state index is 14.0. The molecule has 4 heterocycles. The van der Waals surface area contributed by atoms with Crippen molar-refractivity contribution in [3.05, 3.63) is 58.1 Å². The Morgan fingerprint density at radius 2 is 1.64 bits per heavy atom. The molecule has 0 radical (unpaired) electrons. The minimum absolute atomic E-state index is 0.0918. The van der Waals surface area contributed by atoms with Crippen LogP contribution >= 0.6 is 11.6 Å². The summed E-state index contributed by atoms with van der Waals surface area (Å²) in [5.41, 5.74) is 5.85. The maximum Gasteiger partial charge on any atom is 0.418 e. The predicted octanol–water partition coefficient (Wildman–Crippen LogP) is 6.62. The van der Waals surface area contributed by atoms with Crippen molar-refractivity contribution < 1.29 is 32.3 Å². The van der Waals surface area contributed by atoms with E-state index in [0.29, 0.717) is 51.5 Å². The molecule has 2 aromatic rings. The first-order valence-corrected chi connectivity index (χ1v) is 18.1. The normalized spacial score (nSPS) is 20.3. The number of rotatable bonds is 8. The van der Waals surface area contributed by atoms with Crippen LogP contribution in [0, 0.1) is 5.92 Å². The van der Waals surface area contributed by atoms with Gasteiger partial charge in [0.1, 0.15) is 0 Å².